The lowest BCUT2D eigenvalue weighted by Crippen LogP contribution is -2.35. The van der Waals surface area contributed by atoms with E-state index < -0.39 is 0 Å². The molecule has 1 aromatic carbocycles. The van der Waals surface area contributed by atoms with Crippen molar-refractivity contribution in [2.75, 3.05) is 25.1 Å². The van der Waals surface area contributed by atoms with E-state index in [0.717, 1.165) is 11.4 Å². The summed E-state index contributed by atoms with van der Waals surface area (Å²) in [5.74, 6) is 0.724. The van der Waals surface area contributed by atoms with Gasteiger partial charge in [-0.1, -0.05) is 11.6 Å². The zero-order chi connectivity index (χ0) is 12.1. The highest BCUT2D eigenvalue weighted by molar-refractivity contribution is 6.32. The molecule has 3 nitrogen and oxygen atoms in total. The molecule has 1 rings (SSSR count). The van der Waals surface area contributed by atoms with Crippen LogP contribution in [0.1, 0.15) is 13.8 Å². The Morgan fingerprint density at radius 1 is 1.50 bits per heavy atom. The second-order valence-corrected chi connectivity index (χ2v) is 4.15. The molecule has 0 saturated heterocycles. The zero-order valence-corrected chi connectivity index (χ0v) is 10.8. The summed E-state index contributed by atoms with van der Waals surface area (Å²) in [6.45, 7) is 5.24. The van der Waals surface area contributed by atoms with E-state index in [4.69, 9.17) is 22.1 Å². The molecular weight excluding hydrogens is 224 g/mol. The third kappa shape index (κ3) is 3.03. The van der Waals surface area contributed by atoms with Gasteiger partial charge in [-0.25, -0.2) is 0 Å². The summed E-state index contributed by atoms with van der Waals surface area (Å²) >= 11 is 6.12. The van der Waals surface area contributed by atoms with Crippen LogP contribution in [0.5, 0.6) is 5.75 Å². The van der Waals surface area contributed by atoms with Crippen LogP contribution in [-0.2, 0) is 0 Å². The van der Waals surface area contributed by atoms with Gasteiger partial charge in [-0.2, -0.15) is 0 Å². The van der Waals surface area contributed by atoms with Crippen molar-refractivity contribution < 1.29 is 4.74 Å². The van der Waals surface area contributed by atoms with Crippen LogP contribution in [0.3, 0.4) is 0 Å². The molecule has 0 fully saturated rings. The van der Waals surface area contributed by atoms with Gasteiger partial charge in [0.25, 0.3) is 0 Å². The van der Waals surface area contributed by atoms with E-state index in [0.29, 0.717) is 18.2 Å². The van der Waals surface area contributed by atoms with Gasteiger partial charge in [0.15, 0.2) is 0 Å². The minimum atomic E-state index is 0.286. The predicted octanol–water partition coefficient (Wildman–Crippen LogP) is 2.52. The Morgan fingerprint density at radius 2 is 2.19 bits per heavy atom. The molecule has 90 valence electrons. The number of hydrogen-bond donors (Lipinski definition) is 1. The maximum Gasteiger partial charge on any atom is 0.138 e. The number of anilines is 1. The molecule has 0 spiro atoms. The smallest absolute Gasteiger partial charge is 0.138 e. The van der Waals surface area contributed by atoms with Crippen LogP contribution in [0.15, 0.2) is 18.2 Å². The Labute approximate surface area is 102 Å². The SMILES string of the molecule is CCOc1ccc(N(C)C(C)CN)cc1Cl. The van der Waals surface area contributed by atoms with Crippen LogP contribution in [0, 0.1) is 0 Å². The Bertz CT molecular complexity index is 344. The first-order chi connectivity index (χ1) is 7.60. The number of nitrogens with zero attached hydrogens (tertiary/aromatic N) is 1. The molecule has 16 heavy (non-hydrogen) atoms. The largest absolute Gasteiger partial charge is 0.492 e. The average Bonchev–Trinajstić information content (AvgIpc) is 2.30. The van der Waals surface area contributed by atoms with Gasteiger partial charge in [-0.05, 0) is 32.0 Å². The topological polar surface area (TPSA) is 38.5 Å². The van der Waals surface area contributed by atoms with Crippen LogP contribution in [-0.4, -0.2) is 26.2 Å². The first-order valence-corrected chi connectivity index (χ1v) is 5.83. The maximum atomic E-state index is 6.12. The van der Waals surface area contributed by atoms with Gasteiger partial charge in [-0.15, -0.1) is 0 Å². The summed E-state index contributed by atoms with van der Waals surface area (Å²) in [6.07, 6.45) is 0. The Kier molecular flexibility index (Phi) is 4.90. The van der Waals surface area contributed by atoms with Crippen molar-refractivity contribution >= 4 is 17.3 Å². The van der Waals surface area contributed by atoms with Crippen LogP contribution >= 0.6 is 11.6 Å². The summed E-state index contributed by atoms with van der Waals surface area (Å²) in [5, 5.41) is 0.635. The Hall–Kier alpha value is -0.930. The summed E-state index contributed by atoms with van der Waals surface area (Å²) < 4.78 is 5.38. The molecule has 0 radical (unpaired) electrons. The van der Waals surface area contributed by atoms with Gasteiger partial charge >= 0.3 is 0 Å². The standard InChI is InChI=1S/C12H19ClN2O/c1-4-16-12-6-5-10(7-11(12)13)15(3)9(2)8-14/h5-7,9H,4,8,14H2,1-3H3. The second kappa shape index (κ2) is 5.97. The Balaban J connectivity index is 2.87. The van der Waals surface area contributed by atoms with Crippen molar-refractivity contribution in [3.05, 3.63) is 23.2 Å². The van der Waals surface area contributed by atoms with E-state index in [2.05, 4.69) is 11.8 Å². The minimum Gasteiger partial charge on any atom is -0.492 e. The summed E-state index contributed by atoms with van der Waals surface area (Å²) in [7, 11) is 2.00. The normalized spacial score (nSPS) is 12.3. The molecule has 0 aliphatic heterocycles. The number of halogens is 1. The van der Waals surface area contributed by atoms with E-state index in [1.807, 2.05) is 32.2 Å². The van der Waals surface area contributed by atoms with Crippen molar-refractivity contribution in [1.29, 1.82) is 0 Å². The van der Waals surface area contributed by atoms with Crippen molar-refractivity contribution in [3.63, 3.8) is 0 Å². The van der Waals surface area contributed by atoms with Crippen LogP contribution < -0.4 is 15.4 Å². The molecule has 1 aromatic rings. The van der Waals surface area contributed by atoms with Gasteiger partial charge in [0.1, 0.15) is 5.75 Å². The summed E-state index contributed by atoms with van der Waals surface area (Å²) in [4.78, 5) is 2.10. The van der Waals surface area contributed by atoms with Gasteiger partial charge in [-0.3, -0.25) is 0 Å². The van der Waals surface area contributed by atoms with Gasteiger partial charge < -0.3 is 15.4 Å². The lowest BCUT2D eigenvalue weighted by Gasteiger charge is -2.26. The molecule has 0 aliphatic carbocycles. The molecule has 1 unspecified atom stereocenters. The first-order valence-electron chi connectivity index (χ1n) is 5.45. The fourth-order valence-corrected chi connectivity index (χ4v) is 1.62. The molecule has 0 saturated carbocycles. The number of benzene rings is 1. The molecule has 0 heterocycles. The maximum absolute atomic E-state index is 6.12. The molecule has 0 aromatic heterocycles. The molecule has 0 aliphatic rings. The molecular formula is C12H19ClN2O. The molecule has 0 bridgehead atoms. The molecule has 1 atom stereocenters. The number of hydrogen-bond acceptors (Lipinski definition) is 3. The third-order valence-electron chi connectivity index (χ3n) is 2.62. The average molecular weight is 243 g/mol. The fraction of sp³-hybridized carbons (Fsp3) is 0.500. The minimum absolute atomic E-state index is 0.286. The van der Waals surface area contributed by atoms with Crippen molar-refractivity contribution in [1.82, 2.24) is 0 Å². The van der Waals surface area contributed by atoms with E-state index in [1.165, 1.54) is 0 Å². The lowest BCUT2D eigenvalue weighted by molar-refractivity contribution is 0.340. The van der Waals surface area contributed by atoms with Gasteiger partial charge in [0.05, 0.1) is 11.6 Å². The van der Waals surface area contributed by atoms with Crippen LogP contribution in [0.2, 0.25) is 5.02 Å². The predicted molar refractivity (Wildman–Crippen MR) is 69.5 cm³/mol. The highest BCUT2D eigenvalue weighted by Gasteiger charge is 2.10. The number of rotatable bonds is 5. The van der Waals surface area contributed by atoms with Gasteiger partial charge in [0.2, 0.25) is 0 Å². The van der Waals surface area contributed by atoms with E-state index in [9.17, 15) is 0 Å². The molecule has 4 heteroatoms. The number of nitrogens with two attached hydrogens (primary N) is 1. The number of ether oxygens (including phenoxy) is 1. The van der Waals surface area contributed by atoms with Gasteiger partial charge in [0, 0.05) is 25.3 Å². The lowest BCUT2D eigenvalue weighted by atomic mass is 10.2. The highest BCUT2D eigenvalue weighted by atomic mass is 35.5. The summed E-state index contributed by atoms with van der Waals surface area (Å²) in [6, 6.07) is 6.07. The van der Waals surface area contributed by atoms with Crippen molar-refractivity contribution in [3.8, 4) is 5.75 Å². The molecule has 2 N–H and O–H groups in total. The quantitative estimate of drug-likeness (QED) is 0.863. The van der Waals surface area contributed by atoms with Crippen LogP contribution in [0.25, 0.3) is 0 Å². The zero-order valence-electron chi connectivity index (χ0n) is 10.0. The summed E-state index contributed by atoms with van der Waals surface area (Å²) in [5.41, 5.74) is 6.67. The highest BCUT2D eigenvalue weighted by Crippen LogP contribution is 2.29. The van der Waals surface area contributed by atoms with Crippen molar-refractivity contribution in [2.45, 2.75) is 19.9 Å². The van der Waals surface area contributed by atoms with E-state index in [-0.39, 0.29) is 6.04 Å². The molecule has 0 amide bonds. The van der Waals surface area contributed by atoms with E-state index in [1.54, 1.807) is 0 Å². The van der Waals surface area contributed by atoms with Crippen LogP contribution in [0.4, 0.5) is 5.69 Å². The third-order valence-corrected chi connectivity index (χ3v) is 2.92. The number of likely N-dealkylation sites (N-methyl/N-ethyl adjacent to an activating group) is 1. The van der Waals surface area contributed by atoms with Crippen molar-refractivity contribution in [2.24, 2.45) is 5.73 Å². The Morgan fingerprint density at radius 3 is 2.69 bits per heavy atom. The second-order valence-electron chi connectivity index (χ2n) is 3.74. The fourth-order valence-electron chi connectivity index (χ4n) is 1.39. The first kappa shape index (κ1) is 13.1. The monoisotopic (exact) mass is 242 g/mol. The van der Waals surface area contributed by atoms with E-state index >= 15 is 0 Å².